The van der Waals surface area contributed by atoms with Gasteiger partial charge in [-0.2, -0.15) is 0 Å². The quantitative estimate of drug-likeness (QED) is 0.255. The van der Waals surface area contributed by atoms with Gasteiger partial charge in [-0.25, -0.2) is 0 Å². The van der Waals surface area contributed by atoms with E-state index in [0.29, 0.717) is 5.92 Å². The number of hydrogen-bond donors (Lipinski definition) is 0. The molecule has 0 fully saturated rings. The SMILES string of the molecule is CC(C)c1cccc2c1-c1ccc(-c3ccccc3)cc1C21c2ccccc2-c2ccccc21. The van der Waals surface area contributed by atoms with Gasteiger partial charge in [0.15, 0.2) is 0 Å². The van der Waals surface area contributed by atoms with E-state index >= 15 is 0 Å². The van der Waals surface area contributed by atoms with Crippen LogP contribution in [0, 0.1) is 0 Å². The van der Waals surface area contributed by atoms with Crippen molar-refractivity contribution in [1.82, 2.24) is 0 Å². The first-order valence-corrected chi connectivity index (χ1v) is 12.2. The van der Waals surface area contributed by atoms with Crippen LogP contribution in [0.4, 0.5) is 0 Å². The molecule has 0 radical (unpaired) electrons. The number of benzene rings is 5. The van der Waals surface area contributed by atoms with E-state index in [0.717, 1.165) is 0 Å². The first-order valence-electron chi connectivity index (χ1n) is 12.2. The van der Waals surface area contributed by atoms with Gasteiger partial charge in [0.2, 0.25) is 0 Å². The summed E-state index contributed by atoms with van der Waals surface area (Å²) in [4.78, 5) is 0. The van der Waals surface area contributed by atoms with E-state index < -0.39 is 0 Å². The molecule has 5 aromatic carbocycles. The maximum absolute atomic E-state index is 2.47. The Morgan fingerprint density at radius 2 is 1.09 bits per heavy atom. The summed E-state index contributed by atoms with van der Waals surface area (Å²) in [7, 11) is 0. The van der Waals surface area contributed by atoms with Gasteiger partial charge in [-0.1, -0.05) is 123 Å². The molecular formula is C34H26. The molecule has 0 aliphatic heterocycles. The second kappa shape index (κ2) is 7.05. The molecule has 0 heterocycles. The van der Waals surface area contributed by atoms with Crippen LogP contribution < -0.4 is 0 Å². The lowest BCUT2D eigenvalue weighted by atomic mass is 9.70. The Hall–Kier alpha value is -3.90. The monoisotopic (exact) mass is 434 g/mol. The van der Waals surface area contributed by atoms with E-state index in [4.69, 9.17) is 0 Å². The summed E-state index contributed by atoms with van der Waals surface area (Å²) in [6.45, 7) is 4.63. The average molecular weight is 435 g/mol. The summed E-state index contributed by atoms with van der Waals surface area (Å²) in [6.07, 6.45) is 0. The summed E-state index contributed by atoms with van der Waals surface area (Å²) in [5.74, 6) is 0.457. The first-order chi connectivity index (χ1) is 16.7. The Morgan fingerprint density at radius 3 is 1.76 bits per heavy atom. The van der Waals surface area contributed by atoms with Gasteiger partial charge in [0.05, 0.1) is 5.41 Å². The number of hydrogen-bond acceptors (Lipinski definition) is 0. The van der Waals surface area contributed by atoms with Crippen LogP contribution >= 0.6 is 0 Å². The summed E-state index contributed by atoms with van der Waals surface area (Å²) in [5.41, 5.74) is 14.9. The van der Waals surface area contributed by atoms with Crippen molar-refractivity contribution in [2.75, 3.05) is 0 Å². The fourth-order valence-electron chi connectivity index (χ4n) is 6.51. The molecule has 0 saturated heterocycles. The third-order valence-electron chi connectivity index (χ3n) is 7.88. The molecule has 2 aliphatic carbocycles. The van der Waals surface area contributed by atoms with Crippen molar-refractivity contribution in [1.29, 1.82) is 0 Å². The van der Waals surface area contributed by atoms with Crippen molar-refractivity contribution in [3.05, 3.63) is 143 Å². The van der Waals surface area contributed by atoms with Gasteiger partial charge >= 0.3 is 0 Å². The molecular weight excluding hydrogens is 408 g/mol. The smallest absolute Gasteiger partial charge is 0.0622 e. The lowest BCUT2D eigenvalue weighted by Gasteiger charge is -2.31. The molecule has 0 unspecified atom stereocenters. The van der Waals surface area contributed by atoms with Crippen molar-refractivity contribution in [3.63, 3.8) is 0 Å². The standard InChI is InChI=1S/C34H26/c1-22(2)25-15-10-18-31-33(25)28-20-19-24(23-11-4-3-5-12-23)21-32(28)34(31)29-16-8-6-13-26(29)27-14-7-9-17-30(27)34/h3-22H,1-2H3. The highest BCUT2D eigenvalue weighted by atomic mass is 14.5. The van der Waals surface area contributed by atoms with Crippen molar-refractivity contribution < 1.29 is 0 Å². The second-order valence-corrected chi connectivity index (χ2v) is 9.89. The lowest BCUT2D eigenvalue weighted by molar-refractivity contribution is 0.789. The van der Waals surface area contributed by atoms with Gasteiger partial charge in [-0.15, -0.1) is 0 Å². The zero-order chi connectivity index (χ0) is 22.9. The summed E-state index contributed by atoms with van der Waals surface area (Å²) in [6, 6.07) is 43.0. The van der Waals surface area contributed by atoms with E-state index in [2.05, 4.69) is 129 Å². The molecule has 5 aromatic rings. The van der Waals surface area contributed by atoms with Gasteiger partial charge < -0.3 is 0 Å². The zero-order valence-corrected chi connectivity index (χ0v) is 19.5. The zero-order valence-electron chi connectivity index (χ0n) is 19.5. The number of rotatable bonds is 2. The Morgan fingerprint density at radius 1 is 0.471 bits per heavy atom. The highest BCUT2D eigenvalue weighted by molar-refractivity contribution is 5.96. The maximum Gasteiger partial charge on any atom is 0.0725 e. The van der Waals surface area contributed by atoms with Gasteiger partial charge in [0.1, 0.15) is 0 Å². The predicted molar refractivity (Wildman–Crippen MR) is 142 cm³/mol. The molecule has 0 N–H and O–H groups in total. The van der Waals surface area contributed by atoms with E-state index in [1.807, 2.05) is 0 Å². The number of fused-ring (bicyclic) bond motifs is 10. The molecule has 2 aliphatic rings. The van der Waals surface area contributed by atoms with Gasteiger partial charge in [0, 0.05) is 0 Å². The minimum absolute atomic E-state index is 0.284. The van der Waals surface area contributed by atoms with Crippen molar-refractivity contribution in [2.45, 2.75) is 25.2 Å². The molecule has 162 valence electrons. The van der Waals surface area contributed by atoms with Crippen molar-refractivity contribution in [2.24, 2.45) is 0 Å². The summed E-state index contributed by atoms with van der Waals surface area (Å²) >= 11 is 0. The Labute approximate surface area is 201 Å². The van der Waals surface area contributed by atoms with Gasteiger partial charge in [0.25, 0.3) is 0 Å². The van der Waals surface area contributed by atoms with E-state index in [9.17, 15) is 0 Å². The van der Waals surface area contributed by atoms with Crippen LogP contribution in [-0.2, 0) is 5.41 Å². The third-order valence-corrected chi connectivity index (χ3v) is 7.88. The van der Waals surface area contributed by atoms with Gasteiger partial charge in [-0.05, 0) is 73.2 Å². The van der Waals surface area contributed by atoms with Crippen LogP contribution in [0.3, 0.4) is 0 Å². The molecule has 0 saturated carbocycles. The van der Waals surface area contributed by atoms with Crippen molar-refractivity contribution >= 4 is 0 Å². The molecule has 7 rings (SSSR count). The normalized spacial score (nSPS) is 14.1. The van der Waals surface area contributed by atoms with E-state index in [1.54, 1.807) is 0 Å². The Kier molecular flexibility index (Phi) is 4.05. The molecule has 1 spiro atoms. The fourth-order valence-corrected chi connectivity index (χ4v) is 6.51. The molecule has 0 heteroatoms. The molecule has 0 atom stereocenters. The lowest BCUT2D eigenvalue weighted by Crippen LogP contribution is -2.26. The van der Waals surface area contributed by atoms with E-state index in [-0.39, 0.29) is 5.41 Å². The van der Waals surface area contributed by atoms with Gasteiger partial charge in [-0.3, -0.25) is 0 Å². The highest BCUT2D eigenvalue weighted by Crippen LogP contribution is 2.63. The highest BCUT2D eigenvalue weighted by Gasteiger charge is 2.52. The summed E-state index contributed by atoms with van der Waals surface area (Å²) in [5, 5.41) is 0. The topological polar surface area (TPSA) is 0 Å². The van der Waals surface area contributed by atoms with Crippen LogP contribution in [0.5, 0.6) is 0 Å². The fraction of sp³-hybridized carbons (Fsp3) is 0.118. The third kappa shape index (κ3) is 2.38. The van der Waals surface area contributed by atoms with Crippen LogP contribution in [0.15, 0.2) is 115 Å². The average Bonchev–Trinajstić information content (AvgIpc) is 3.36. The minimum Gasteiger partial charge on any atom is -0.0622 e. The maximum atomic E-state index is 2.47. The van der Waals surface area contributed by atoms with Crippen LogP contribution in [-0.4, -0.2) is 0 Å². The van der Waals surface area contributed by atoms with Crippen molar-refractivity contribution in [3.8, 4) is 33.4 Å². The second-order valence-electron chi connectivity index (χ2n) is 9.89. The van der Waals surface area contributed by atoms with E-state index in [1.165, 1.54) is 61.2 Å². The molecule has 0 amide bonds. The molecule has 0 bridgehead atoms. The molecule has 34 heavy (non-hydrogen) atoms. The summed E-state index contributed by atoms with van der Waals surface area (Å²) < 4.78 is 0. The van der Waals surface area contributed by atoms with Crippen LogP contribution in [0.25, 0.3) is 33.4 Å². The largest absolute Gasteiger partial charge is 0.0725 e. The molecule has 0 nitrogen and oxygen atoms in total. The molecule has 0 aromatic heterocycles. The Bertz CT molecular complexity index is 1520. The minimum atomic E-state index is -0.284. The Balaban J connectivity index is 1.66. The first kappa shape index (κ1) is 19.6. The van der Waals surface area contributed by atoms with Crippen LogP contribution in [0.2, 0.25) is 0 Å². The predicted octanol–water partition coefficient (Wildman–Crippen LogP) is 8.82. The van der Waals surface area contributed by atoms with Crippen LogP contribution in [0.1, 0.15) is 47.6 Å².